The third kappa shape index (κ3) is 4.33. The summed E-state index contributed by atoms with van der Waals surface area (Å²) in [5.41, 5.74) is 2.76. The van der Waals surface area contributed by atoms with E-state index >= 15 is 0 Å². The summed E-state index contributed by atoms with van der Waals surface area (Å²) in [6.45, 7) is 3.09. The average Bonchev–Trinajstić information content (AvgIpc) is 3.02. The molecule has 1 fully saturated rings. The third-order valence-electron chi connectivity index (χ3n) is 4.45. The molecule has 2 aromatic carbocycles. The van der Waals surface area contributed by atoms with Crippen molar-refractivity contribution in [3.8, 4) is 5.75 Å². The van der Waals surface area contributed by atoms with E-state index in [0.29, 0.717) is 25.2 Å². The van der Waals surface area contributed by atoms with E-state index in [9.17, 15) is 9.59 Å². The summed E-state index contributed by atoms with van der Waals surface area (Å²) in [4.78, 5) is 26.1. The summed E-state index contributed by atoms with van der Waals surface area (Å²) < 4.78 is 5.09. The van der Waals surface area contributed by atoms with Crippen molar-refractivity contribution in [3.05, 3.63) is 54.1 Å². The molecule has 136 valence electrons. The largest absolute Gasteiger partial charge is 0.497 e. The van der Waals surface area contributed by atoms with Gasteiger partial charge in [-0.2, -0.15) is 0 Å². The van der Waals surface area contributed by atoms with E-state index in [2.05, 4.69) is 10.6 Å². The number of carbonyl (C=O) groups is 2. The van der Waals surface area contributed by atoms with Crippen LogP contribution in [0.1, 0.15) is 12.0 Å². The van der Waals surface area contributed by atoms with Gasteiger partial charge in [0.15, 0.2) is 0 Å². The number of carbonyl (C=O) groups excluding carboxylic acids is 2. The number of hydrogen-bond acceptors (Lipinski definition) is 3. The lowest BCUT2D eigenvalue weighted by Crippen LogP contribution is -2.34. The van der Waals surface area contributed by atoms with Crippen LogP contribution in [0.4, 0.5) is 16.2 Å². The Kier molecular flexibility index (Phi) is 5.41. The zero-order chi connectivity index (χ0) is 18.5. The maximum absolute atomic E-state index is 12.3. The first-order valence-electron chi connectivity index (χ1n) is 8.61. The van der Waals surface area contributed by atoms with Crippen molar-refractivity contribution in [2.45, 2.75) is 13.3 Å². The molecule has 1 saturated heterocycles. The lowest BCUT2D eigenvalue weighted by atomic mass is 10.1. The number of methoxy groups -OCH3 is 1. The van der Waals surface area contributed by atoms with Gasteiger partial charge in [0, 0.05) is 36.8 Å². The normalized spacial score (nSPS) is 16.5. The number of urea groups is 1. The van der Waals surface area contributed by atoms with Crippen LogP contribution in [0.5, 0.6) is 5.75 Å². The van der Waals surface area contributed by atoms with Crippen molar-refractivity contribution in [1.29, 1.82) is 0 Å². The summed E-state index contributed by atoms with van der Waals surface area (Å²) in [5.74, 6) is 0.929. The van der Waals surface area contributed by atoms with Crippen LogP contribution in [-0.2, 0) is 4.79 Å². The topological polar surface area (TPSA) is 70.7 Å². The molecule has 0 aromatic heterocycles. The molecular weight excluding hydrogens is 330 g/mol. The minimum atomic E-state index is -0.281. The van der Waals surface area contributed by atoms with Gasteiger partial charge in [-0.15, -0.1) is 0 Å². The van der Waals surface area contributed by atoms with E-state index in [-0.39, 0.29) is 17.9 Å². The second-order valence-corrected chi connectivity index (χ2v) is 6.47. The standard InChI is InChI=1S/C20H23N3O3/c1-14-3-7-17(8-4-14)23-13-15(11-19(23)24)12-21-20(25)22-16-5-9-18(26-2)10-6-16/h3-10,15H,11-13H2,1-2H3,(H2,21,22,25)/t15-/m1/s1. The Morgan fingerprint density at radius 2 is 1.85 bits per heavy atom. The molecule has 2 N–H and O–H groups in total. The monoisotopic (exact) mass is 353 g/mol. The SMILES string of the molecule is COc1ccc(NC(=O)NC[C@H]2CC(=O)N(c3ccc(C)cc3)C2)cc1. The van der Waals surface area contributed by atoms with Crippen molar-refractivity contribution in [3.63, 3.8) is 0 Å². The number of hydrogen-bond donors (Lipinski definition) is 2. The number of rotatable bonds is 5. The van der Waals surface area contributed by atoms with E-state index in [0.717, 1.165) is 17.0 Å². The minimum Gasteiger partial charge on any atom is -0.497 e. The van der Waals surface area contributed by atoms with Crippen molar-refractivity contribution < 1.29 is 14.3 Å². The zero-order valence-electron chi connectivity index (χ0n) is 15.0. The van der Waals surface area contributed by atoms with Gasteiger partial charge < -0.3 is 20.3 Å². The fourth-order valence-electron chi connectivity index (χ4n) is 2.98. The highest BCUT2D eigenvalue weighted by Gasteiger charge is 2.30. The highest BCUT2D eigenvalue weighted by atomic mass is 16.5. The molecule has 3 amide bonds. The van der Waals surface area contributed by atoms with Gasteiger partial charge in [0.25, 0.3) is 0 Å². The maximum Gasteiger partial charge on any atom is 0.319 e. The molecule has 3 rings (SSSR count). The Morgan fingerprint density at radius 1 is 1.15 bits per heavy atom. The summed E-state index contributed by atoms with van der Waals surface area (Å²) >= 11 is 0. The molecule has 6 heteroatoms. The highest BCUT2D eigenvalue weighted by molar-refractivity contribution is 5.96. The van der Waals surface area contributed by atoms with Crippen molar-refractivity contribution in [1.82, 2.24) is 5.32 Å². The minimum absolute atomic E-state index is 0.0937. The summed E-state index contributed by atoms with van der Waals surface area (Å²) in [7, 11) is 1.60. The maximum atomic E-state index is 12.3. The summed E-state index contributed by atoms with van der Waals surface area (Å²) in [5, 5.41) is 5.62. The third-order valence-corrected chi connectivity index (χ3v) is 4.45. The number of anilines is 2. The zero-order valence-corrected chi connectivity index (χ0v) is 15.0. The molecule has 0 spiro atoms. The fraction of sp³-hybridized carbons (Fsp3) is 0.300. The molecule has 0 radical (unpaired) electrons. The van der Waals surface area contributed by atoms with Crippen LogP contribution < -0.4 is 20.3 Å². The summed E-state index contributed by atoms with van der Waals surface area (Å²) in [6, 6.07) is 14.7. The van der Waals surface area contributed by atoms with Crippen LogP contribution in [0.25, 0.3) is 0 Å². The van der Waals surface area contributed by atoms with Gasteiger partial charge in [-0.25, -0.2) is 4.79 Å². The first-order valence-corrected chi connectivity index (χ1v) is 8.61. The van der Waals surface area contributed by atoms with Crippen LogP contribution >= 0.6 is 0 Å². The van der Waals surface area contributed by atoms with E-state index in [4.69, 9.17) is 4.74 Å². The van der Waals surface area contributed by atoms with Crippen molar-refractivity contribution in [2.75, 3.05) is 30.4 Å². The van der Waals surface area contributed by atoms with Crippen LogP contribution in [0, 0.1) is 12.8 Å². The van der Waals surface area contributed by atoms with Gasteiger partial charge in [-0.1, -0.05) is 17.7 Å². The number of ether oxygens (including phenoxy) is 1. The first-order chi connectivity index (χ1) is 12.5. The van der Waals surface area contributed by atoms with Crippen molar-refractivity contribution >= 4 is 23.3 Å². The molecule has 0 bridgehead atoms. The van der Waals surface area contributed by atoms with Gasteiger partial charge in [-0.05, 0) is 43.3 Å². The molecule has 0 aliphatic carbocycles. The molecule has 1 atom stereocenters. The second kappa shape index (κ2) is 7.91. The van der Waals surface area contributed by atoms with Crippen LogP contribution in [0.3, 0.4) is 0 Å². The van der Waals surface area contributed by atoms with E-state index in [1.165, 1.54) is 0 Å². The van der Waals surface area contributed by atoms with Gasteiger partial charge in [0.05, 0.1) is 7.11 Å². The van der Waals surface area contributed by atoms with Gasteiger partial charge in [-0.3, -0.25) is 4.79 Å². The van der Waals surface area contributed by atoms with Crippen LogP contribution in [0.2, 0.25) is 0 Å². The number of aryl methyl sites for hydroxylation is 1. The molecule has 1 aliphatic rings. The number of nitrogens with one attached hydrogen (secondary N) is 2. The quantitative estimate of drug-likeness (QED) is 0.867. The van der Waals surface area contributed by atoms with E-state index in [1.54, 1.807) is 36.3 Å². The molecule has 6 nitrogen and oxygen atoms in total. The van der Waals surface area contributed by atoms with Gasteiger partial charge >= 0.3 is 6.03 Å². The first kappa shape index (κ1) is 17.8. The summed E-state index contributed by atoms with van der Waals surface area (Å²) in [6.07, 6.45) is 0.441. The Labute approximate surface area is 153 Å². The smallest absolute Gasteiger partial charge is 0.319 e. The Morgan fingerprint density at radius 3 is 2.50 bits per heavy atom. The highest BCUT2D eigenvalue weighted by Crippen LogP contribution is 2.25. The molecule has 26 heavy (non-hydrogen) atoms. The van der Waals surface area contributed by atoms with Crippen molar-refractivity contribution in [2.24, 2.45) is 5.92 Å². The van der Waals surface area contributed by atoms with Crippen LogP contribution in [-0.4, -0.2) is 32.1 Å². The van der Waals surface area contributed by atoms with Gasteiger partial charge in [0.1, 0.15) is 5.75 Å². The Bertz CT molecular complexity index is 772. The lowest BCUT2D eigenvalue weighted by molar-refractivity contribution is -0.117. The Hall–Kier alpha value is -3.02. The Balaban J connectivity index is 1.49. The lowest BCUT2D eigenvalue weighted by Gasteiger charge is -2.17. The molecule has 1 aliphatic heterocycles. The average molecular weight is 353 g/mol. The van der Waals surface area contributed by atoms with Crippen LogP contribution in [0.15, 0.2) is 48.5 Å². The number of benzene rings is 2. The predicted molar refractivity (Wildman–Crippen MR) is 102 cm³/mol. The second-order valence-electron chi connectivity index (χ2n) is 6.47. The molecule has 1 heterocycles. The number of nitrogens with zero attached hydrogens (tertiary/aromatic N) is 1. The predicted octanol–water partition coefficient (Wildman–Crippen LogP) is 3.18. The molecule has 0 unspecified atom stereocenters. The fourth-order valence-corrected chi connectivity index (χ4v) is 2.98. The molecule has 2 aromatic rings. The number of amides is 3. The molecular formula is C20H23N3O3. The molecule has 0 saturated carbocycles. The van der Waals surface area contributed by atoms with E-state index in [1.807, 2.05) is 31.2 Å². The van der Waals surface area contributed by atoms with E-state index < -0.39 is 0 Å². The van der Waals surface area contributed by atoms with Gasteiger partial charge in [0.2, 0.25) is 5.91 Å².